The van der Waals surface area contributed by atoms with Crippen molar-refractivity contribution in [3.8, 4) is 0 Å². The van der Waals surface area contributed by atoms with E-state index in [1.165, 1.54) is 70.6 Å². The summed E-state index contributed by atoms with van der Waals surface area (Å²) >= 11 is 0. The fourth-order valence-corrected chi connectivity index (χ4v) is 2.90. The van der Waals surface area contributed by atoms with Crippen molar-refractivity contribution < 1.29 is 25.2 Å². The molecule has 0 aromatic heterocycles. The Labute approximate surface area is 160 Å². The summed E-state index contributed by atoms with van der Waals surface area (Å²) in [4.78, 5) is 10.4. The molecule has 5 nitrogen and oxygen atoms in total. The van der Waals surface area contributed by atoms with Crippen LogP contribution in [0.3, 0.4) is 0 Å². The summed E-state index contributed by atoms with van der Waals surface area (Å²) in [5.41, 5.74) is 0. The summed E-state index contributed by atoms with van der Waals surface area (Å²) < 4.78 is 0. The number of rotatable bonds is 17. The van der Waals surface area contributed by atoms with Crippen LogP contribution in [0.4, 0.5) is 0 Å². The number of unbranched alkanes of at least 4 members (excludes halogenated alkanes) is 9. The second-order valence-corrected chi connectivity index (χ2v) is 7.31. The fourth-order valence-electron chi connectivity index (χ4n) is 2.90. The second kappa shape index (κ2) is 22.4. The van der Waals surface area contributed by atoms with Gasteiger partial charge in [0.15, 0.2) is 6.10 Å². The highest BCUT2D eigenvalue weighted by Crippen LogP contribution is 2.18. The van der Waals surface area contributed by atoms with Crippen molar-refractivity contribution in [2.24, 2.45) is 5.92 Å². The Morgan fingerprint density at radius 2 is 1.12 bits per heavy atom. The first-order valence-electron chi connectivity index (χ1n) is 10.6. The van der Waals surface area contributed by atoms with Gasteiger partial charge in [-0.3, -0.25) is 0 Å². The number of carboxylic acids is 1. The van der Waals surface area contributed by atoms with Gasteiger partial charge >= 0.3 is 5.97 Å². The van der Waals surface area contributed by atoms with Gasteiger partial charge in [-0.05, 0) is 12.3 Å². The van der Waals surface area contributed by atoms with Crippen LogP contribution < -0.4 is 0 Å². The molecule has 158 valence electrons. The van der Waals surface area contributed by atoms with Crippen molar-refractivity contribution in [3.05, 3.63) is 0 Å². The van der Waals surface area contributed by atoms with E-state index < -0.39 is 12.1 Å². The molecule has 0 amide bonds. The molecule has 0 aliphatic rings. The van der Waals surface area contributed by atoms with Gasteiger partial charge in [0.05, 0.1) is 13.2 Å². The lowest BCUT2D eigenvalue weighted by atomic mass is 9.96. The summed E-state index contributed by atoms with van der Waals surface area (Å²) in [5, 5.41) is 33.0. The van der Waals surface area contributed by atoms with Gasteiger partial charge in [-0.25, -0.2) is 4.79 Å². The summed E-state index contributed by atoms with van der Waals surface area (Å²) in [6, 6.07) is 0. The van der Waals surface area contributed by atoms with E-state index in [0.717, 1.165) is 18.8 Å². The summed E-state index contributed by atoms with van der Waals surface area (Å²) in [6.07, 6.45) is 15.8. The van der Waals surface area contributed by atoms with E-state index in [-0.39, 0.29) is 13.2 Å². The minimum Gasteiger partial charge on any atom is -0.479 e. The SMILES string of the molecule is CCCCCCC(C)CCCCCCCCCC(O)C(=O)O.OCCO. The normalized spacial score (nSPS) is 13.0. The van der Waals surface area contributed by atoms with Crippen LogP contribution in [0.15, 0.2) is 0 Å². The molecule has 0 spiro atoms. The molecule has 0 aliphatic heterocycles. The number of aliphatic hydroxyl groups is 3. The van der Waals surface area contributed by atoms with Crippen molar-refractivity contribution in [1.29, 1.82) is 0 Å². The highest BCUT2D eigenvalue weighted by atomic mass is 16.4. The predicted octanol–water partition coefficient (Wildman–Crippen LogP) is 4.52. The number of aliphatic carboxylic acids is 1. The van der Waals surface area contributed by atoms with E-state index in [0.29, 0.717) is 6.42 Å². The molecular formula is C21H44O5. The number of carboxylic acid groups (broad SMARTS) is 1. The van der Waals surface area contributed by atoms with Crippen LogP contribution in [0.2, 0.25) is 0 Å². The number of aliphatic hydroxyl groups excluding tert-OH is 3. The fraction of sp³-hybridized carbons (Fsp3) is 0.952. The van der Waals surface area contributed by atoms with Crippen LogP contribution in [0.5, 0.6) is 0 Å². The predicted molar refractivity (Wildman–Crippen MR) is 107 cm³/mol. The average molecular weight is 377 g/mol. The molecule has 0 radical (unpaired) electrons. The zero-order chi connectivity index (χ0) is 20.0. The van der Waals surface area contributed by atoms with Crippen LogP contribution >= 0.6 is 0 Å². The molecule has 2 unspecified atom stereocenters. The Morgan fingerprint density at radius 1 is 0.731 bits per heavy atom. The van der Waals surface area contributed by atoms with Gasteiger partial charge in [-0.1, -0.05) is 97.3 Å². The third-order valence-corrected chi connectivity index (χ3v) is 4.61. The van der Waals surface area contributed by atoms with Crippen molar-refractivity contribution in [1.82, 2.24) is 0 Å². The van der Waals surface area contributed by atoms with Gasteiger partial charge in [-0.2, -0.15) is 0 Å². The molecule has 5 heteroatoms. The molecule has 0 fully saturated rings. The number of hydrogen-bond acceptors (Lipinski definition) is 4. The molecular weight excluding hydrogens is 332 g/mol. The Morgan fingerprint density at radius 3 is 1.50 bits per heavy atom. The van der Waals surface area contributed by atoms with Crippen molar-refractivity contribution in [2.75, 3.05) is 13.2 Å². The van der Waals surface area contributed by atoms with Gasteiger partial charge in [0.25, 0.3) is 0 Å². The lowest BCUT2D eigenvalue weighted by Crippen LogP contribution is -2.18. The minimum absolute atomic E-state index is 0.125. The molecule has 0 saturated carbocycles. The Balaban J connectivity index is 0. The van der Waals surface area contributed by atoms with Gasteiger partial charge in [0.2, 0.25) is 0 Å². The average Bonchev–Trinajstić information content (AvgIpc) is 2.63. The van der Waals surface area contributed by atoms with Gasteiger partial charge in [0.1, 0.15) is 0 Å². The standard InChI is InChI=1S/C19H38O3.C2H6O2/c1-3-4-5-11-14-17(2)15-12-9-7-6-8-10-13-16-18(20)19(21)22;3-1-2-4/h17-18,20H,3-16H2,1-2H3,(H,21,22);3-4H,1-2H2. The van der Waals surface area contributed by atoms with Crippen LogP contribution in [0, 0.1) is 5.92 Å². The highest BCUT2D eigenvalue weighted by Gasteiger charge is 2.11. The first-order chi connectivity index (χ1) is 12.5. The zero-order valence-corrected chi connectivity index (χ0v) is 17.2. The summed E-state index contributed by atoms with van der Waals surface area (Å²) in [6.45, 7) is 4.40. The largest absolute Gasteiger partial charge is 0.479 e. The van der Waals surface area contributed by atoms with Gasteiger partial charge in [0, 0.05) is 0 Å². The first kappa shape index (κ1) is 27.6. The van der Waals surface area contributed by atoms with Gasteiger partial charge < -0.3 is 20.4 Å². The quantitative estimate of drug-likeness (QED) is 0.280. The smallest absolute Gasteiger partial charge is 0.332 e. The van der Waals surface area contributed by atoms with Crippen LogP contribution in [0.25, 0.3) is 0 Å². The van der Waals surface area contributed by atoms with E-state index >= 15 is 0 Å². The lowest BCUT2D eigenvalue weighted by Gasteiger charge is -2.10. The zero-order valence-electron chi connectivity index (χ0n) is 17.2. The van der Waals surface area contributed by atoms with Gasteiger partial charge in [-0.15, -0.1) is 0 Å². The Kier molecular flexibility index (Phi) is 23.7. The monoisotopic (exact) mass is 376 g/mol. The third-order valence-electron chi connectivity index (χ3n) is 4.61. The van der Waals surface area contributed by atoms with E-state index in [1.807, 2.05) is 0 Å². The molecule has 0 aromatic carbocycles. The molecule has 2 atom stereocenters. The van der Waals surface area contributed by atoms with Crippen LogP contribution in [-0.4, -0.2) is 45.7 Å². The van der Waals surface area contributed by atoms with Crippen molar-refractivity contribution in [3.63, 3.8) is 0 Å². The summed E-state index contributed by atoms with van der Waals surface area (Å²) in [7, 11) is 0. The third kappa shape index (κ3) is 23.4. The van der Waals surface area contributed by atoms with E-state index in [2.05, 4.69) is 13.8 Å². The second-order valence-electron chi connectivity index (χ2n) is 7.31. The molecule has 0 aromatic rings. The first-order valence-corrected chi connectivity index (χ1v) is 10.6. The number of carbonyl (C=O) groups is 1. The highest BCUT2D eigenvalue weighted by molar-refractivity contribution is 5.71. The van der Waals surface area contributed by atoms with E-state index in [1.54, 1.807) is 0 Å². The van der Waals surface area contributed by atoms with Crippen molar-refractivity contribution in [2.45, 2.75) is 110 Å². The molecule has 0 rings (SSSR count). The number of hydrogen-bond donors (Lipinski definition) is 4. The maximum Gasteiger partial charge on any atom is 0.332 e. The molecule has 26 heavy (non-hydrogen) atoms. The molecule has 0 heterocycles. The topological polar surface area (TPSA) is 98.0 Å². The van der Waals surface area contributed by atoms with Crippen LogP contribution in [0.1, 0.15) is 104 Å². The summed E-state index contributed by atoms with van der Waals surface area (Å²) in [5.74, 6) is -0.210. The van der Waals surface area contributed by atoms with E-state index in [9.17, 15) is 4.79 Å². The van der Waals surface area contributed by atoms with E-state index in [4.69, 9.17) is 20.4 Å². The van der Waals surface area contributed by atoms with Crippen molar-refractivity contribution >= 4 is 5.97 Å². The lowest BCUT2D eigenvalue weighted by molar-refractivity contribution is -0.146. The van der Waals surface area contributed by atoms with Crippen LogP contribution in [-0.2, 0) is 4.79 Å². The molecule has 0 bridgehead atoms. The maximum absolute atomic E-state index is 10.4. The molecule has 0 saturated heterocycles. The molecule has 4 N–H and O–H groups in total. The minimum atomic E-state index is -1.17. The Hall–Kier alpha value is -0.650. The molecule has 0 aliphatic carbocycles. The maximum atomic E-state index is 10.4. The Bertz CT molecular complexity index is 282.